The van der Waals surface area contributed by atoms with Gasteiger partial charge < -0.3 is 24.2 Å². The molecule has 10 nitrogen and oxygen atoms in total. The summed E-state index contributed by atoms with van der Waals surface area (Å²) in [6, 6.07) is 23.6. The summed E-state index contributed by atoms with van der Waals surface area (Å²) in [5.74, 6) is -5.04. The standard InChI is InChI=1S/C34H37NO9/c1-3-35(4-2)21-11-12-22-40-28-19-17-26(18-20-28)33(25-13-7-5-8-14-25)34(27-15-9-6-10-16-27)41-29(36)23-32(39,31(38)42-34)24-30(37)43-44-33/h5-10,13-20,39H,3-4,11-12,21-24H2,1-2H3. The zero-order valence-electron chi connectivity index (χ0n) is 24.9. The highest BCUT2D eigenvalue weighted by Gasteiger charge is 2.68. The van der Waals surface area contributed by atoms with E-state index in [0.29, 0.717) is 23.5 Å². The first-order valence-electron chi connectivity index (χ1n) is 14.9. The van der Waals surface area contributed by atoms with Gasteiger partial charge in [-0.3, -0.25) is 9.68 Å². The molecule has 232 valence electrons. The number of carbonyl (C=O) groups is 3. The van der Waals surface area contributed by atoms with E-state index in [1.54, 1.807) is 84.9 Å². The van der Waals surface area contributed by atoms with Crippen molar-refractivity contribution in [3.8, 4) is 5.75 Å². The smallest absolute Gasteiger partial charge is 0.345 e. The summed E-state index contributed by atoms with van der Waals surface area (Å²) in [4.78, 5) is 53.8. The lowest BCUT2D eigenvalue weighted by molar-refractivity contribution is -0.401. The molecule has 2 saturated heterocycles. The van der Waals surface area contributed by atoms with Crippen molar-refractivity contribution < 1.29 is 43.5 Å². The number of carbonyl (C=O) groups excluding carboxylic acids is 3. The Morgan fingerprint density at radius 2 is 1.34 bits per heavy atom. The van der Waals surface area contributed by atoms with Crippen LogP contribution in [0, 0.1) is 0 Å². The van der Waals surface area contributed by atoms with Gasteiger partial charge in [0.2, 0.25) is 5.60 Å². The molecule has 2 heterocycles. The fourth-order valence-electron chi connectivity index (χ4n) is 5.71. The molecular formula is C34H37NO9. The number of aliphatic hydroxyl groups is 1. The second kappa shape index (κ2) is 13.2. The van der Waals surface area contributed by atoms with Gasteiger partial charge in [-0.2, -0.15) is 4.89 Å². The number of benzene rings is 3. The summed E-state index contributed by atoms with van der Waals surface area (Å²) in [6.07, 6.45) is 0.176. The number of unbranched alkanes of at least 4 members (excludes halogenated alkanes) is 1. The van der Waals surface area contributed by atoms with Gasteiger partial charge in [0.1, 0.15) is 5.75 Å². The van der Waals surface area contributed by atoms with Crippen LogP contribution in [0.4, 0.5) is 0 Å². The van der Waals surface area contributed by atoms with Crippen LogP contribution in [0.3, 0.4) is 0 Å². The Labute approximate surface area is 256 Å². The topological polar surface area (TPSA) is 121 Å². The van der Waals surface area contributed by atoms with Crippen molar-refractivity contribution in [1.29, 1.82) is 0 Å². The lowest BCUT2D eigenvalue weighted by Gasteiger charge is -2.45. The second-order valence-electron chi connectivity index (χ2n) is 10.9. The largest absolute Gasteiger partial charge is 0.494 e. The molecule has 3 unspecified atom stereocenters. The van der Waals surface area contributed by atoms with E-state index in [-0.39, 0.29) is 5.56 Å². The number of rotatable bonds is 11. The van der Waals surface area contributed by atoms with Gasteiger partial charge in [0, 0.05) is 16.7 Å². The summed E-state index contributed by atoms with van der Waals surface area (Å²) in [7, 11) is 0. The third-order valence-corrected chi connectivity index (χ3v) is 8.10. The minimum absolute atomic E-state index is 0.210. The third-order valence-electron chi connectivity index (χ3n) is 8.10. The first-order valence-corrected chi connectivity index (χ1v) is 14.9. The fourth-order valence-corrected chi connectivity index (χ4v) is 5.71. The summed E-state index contributed by atoms with van der Waals surface area (Å²) in [6.45, 7) is 7.82. The Morgan fingerprint density at radius 1 is 0.750 bits per heavy atom. The first kappa shape index (κ1) is 31.2. The summed E-state index contributed by atoms with van der Waals surface area (Å²) in [5.41, 5.74) is -3.73. The molecule has 10 heteroatoms. The van der Waals surface area contributed by atoms with Gasteiger partial charge in [0.05, 0.1) is 19.4 Å². The number of fused-ring (bicyclic) bond motifs is 3. The molecular weight excluding hydrogens is 566 g/mol. The van der Waals surface area contributed by atoms with E-state index in [1.165, 1.54) is 0 Å². The Hall–Kier alpha value is -4.25. The predicted octanol–water partition coefficient (Wildman–Crippen LogP) is 4.38. The summed E-state index contributed by atoms with van der Waals surface area (Å²) >= 11 is 0. The normalized spacial score (nSPS) is 25.2. The number of hydrogen-bond donors (Lipinski definition) is 1. The average molecular weight is 604 g/mol. The van der Waals surface area contributed by atoms with Gasteiger partial charge in [0.15, 0.2) is 5.60 Å². The zero-order chi connectivity index (χ0) is 31.2. The molecule has 3 aromatic rings. The van der Waals surface area contributed by atoms with Gasteiger partial charge in [-0.05, 0) is 44.6 Å². The molecule has 0 radical (unpaired) electrons. The highest BCUT2D eigenvalue weighted by Crippen LogP contribution is 2.54. The van der Waals surface area contributed by atoms with Gasteiger partial charge in [0.25, 0.3) is 0 Å². The molecule has 5 rings (SSSR count). The molecule has 2 aliphatic rings. The minimum Gasteiger partial charge on any atom is -0.494 e. The fraction of sp³-hybridized carbons (Fsp3) is 0.382. The van der Waals surface area contributed by atoms with E-state index in [2.05, 4.69) is 18.7 Å². The Bertz CT molecular complexity index is 1440. The van der Waals surface area contributed by atoms with Crippen LogP contribution in [0.25, 0.3) is 0 Å². The molecule has 44 heavy (non-hydrogen) atoms. The Morgan fingerprint density at radius 3 is 1.98 bits per heavy atom. The molecule has 3 aromatic carbocycles. The summed E-state index contributed by atoms with van der Waals surface area (Å²) < 4.78 is 18.1. The van der Waals surface area contributed by atoms with Crippen molar-refractivity contribution in [2.45, 2.75) is 56.5 Å². The van der Waals surface area contributed by atoms with E-state index in [4.69, 9.17) is 24.0 Å². The average Bonchev–Trinajstić information content (AvgIpc) is 3.11. The van der Waals surface area contributed by atoms with Crippen LogP contribution in [0.5, 0.6) is 5.75 Å². The van der Waals surface area contributed by atoms with Crippen LogP contribution in [0.2, 0.25) is 0 Å². The molecule has 0 aromatic heterocycles. The van der Waals surface area contributed by atoms with E-state index < -0.39 is 47.7 Å². The van der Waals surface area contributed by atoms with Crippen molar-refractivity contribution in [2.75, 3.05) is 26.2 Å². The van der Waals surface area contributed by atoms with Gasteiger partial charge in [-0.1, -0.05) is 86.6 Å². The first-order chi connectivity index (χ1) is 21.3. The molecule has 2 fully saturated rings. The lowest BCUT2D eigenvalue weighted by Crippen LogP contribution is -2.56. The van der Waals surface area contributed by atoms with Crippen molar-refractivity contribution in [2.24, 2.45) is 0 Å². The monoisotopic (exact) mass is 603 g/mol. The van der Waals surface area contributed by atoms with Crippen molar-refractivity contribution >= 4 is 17.9 Å². The minimum atomic E-state index is -2.52. The summed E-state index contributed by atoms with van der Waals surface area (Å²) in [5, 5.41) is 11.2. The van der Waals surface area contributed by atoms with Gasteiger partial charge >= 0.3 is 23.7 Å². The van der Waals surface area contributed by atoms with E-state index >= 15 is 0 Å². The molecule has 2 aliphatic heterocycles. The number of esters is 2. The Kier molecular flexibility index (Phi) is 9.33. The highest BCUT2D eigenvalue weighted by atomic mass is 17.2. The molecule has 1 N–H and O–H groups in total. The molecule has 2 bridgehead atoms. The van der Waals surface area contributed by atoms with Crippen LogP contribution >= 0.6 is 0 Å². The van der Waals surface area contributed by atoms with Crippen LogP contribution in [-0.4, -0.2) is 59.8 Å². The predicted molar refractivity (Wildman–Crippen MR) is 158 cm³/mol. The quantitative estimate of drug-likeness (QED) is 0.192. The van der Waals surface area contributed by atoms with Crippen molar-refractivity contribution in [3.05, 3.63) is 102 Å². The second-order valence-corrected chi connectivity index (χ2v) is 10.9. The van der Waals surface area contributed by atoms with Crippen LogP contribution in [-0.2, 0) is 45.0 Å². The lowest BCUT2D eigenvalue weighted by atomic mass is 9.75. The van der Waals surface area contributed by atoms with E-state index in [1.807, 2.05) is 0 Å². The maximum absolute atomic E-state index is 13.7. The van der Waals surface area contributed by atoms with E-state index in [0.717, 1.165) is 32.5 Å². The Balaban J connectivity index is 1.61. The van der Waals surface area contributed by atoms with Crippen LogP contribution in [0.1, 0.15) is 56.2 Å². The number of nitrogens with zero attached hydrogens (tertiary/aromatic N) is 1. The van der Waals surface area contributed by atoms with Crippen molar-refractivity contribution in [1.82, 2.24) is 4.90 Å². The van der Waals surface area contributed by atoms with Crippen LogP contribution in [0.15, 0.2) is 84.9 Å². The van der Waals surface area contributed by atoms with Gasteiger partial charge in [-0.15, -0.1) is 0 Å². The maximum Gasteiger partial charge on any atom is 0.345 e. The van der Waals surface area contributed by atoms with Crippen molar-refractivity contribution in [3.63, 3.8) is 0 Å². The highest BCUT2D eigenvalue weighted by molar-refractivity contribution is 5.92. The molecule has 0 aliphatic carbocycles. The molecule has 0 amide bonds. The van der Waals surface area contributed by atoms with Crippen LogP contribution < -0.4 is 4.74 Å². The number of hydrogen-bond acceptors (Lipinski definition) is 10. The molecule has 0 spiro atoms. The third kappa shape index (κ3) is 5.93. The van der Waals surface area contributed by atoms with Gasteiger partial charge in [-0.25, -0.2) is 9.59 Å². The molecule has 3 atom stereocenters. The van der Waals surface area contributed by atoms with E-state index in [9.17, 15) is 19.5 Å². The maximum atomic E-state index is 13.7. The SMILES string of the molecule is CCN(CC)CCCCOc1ccc(C2(c3ccccc3)OOC(=O)CC3(O)CC(=O)OC2(c2ccccc2)OC3=O)cc1. The number of ether oxygens (including phenoxy) is 3. The zero-order valence-corrected chi connectivity index (χ0v) is 24.9. The molecule has 0 saturated carbocycles.